The summed E-state index contributed by atoms with van der Waals surface area (Å²) in [5.74, 6) is 0.0881. The zero-order valence-electron chi connectivity index (χ0n) is 9.98. The average molecular weight is 265 g/mol. The summed E-state index contributed by atoms with van der Waals surface area (Å²) in [5.41, 5.74) is 0. The standard InChI is InChI=1S/C14H13ClO3/c1-2-17-13(16)9-18-12-8-7-10-5-3-4-6-11(10)14(12)15/h3-8H,2,9H2,1H3. The van der Waals surface area contributed by atoms with Crippen LogP contribution in [0.25, 0.3) is 10.8 Å². The Morgan fingerprint density at radius 1 is 1.22 bits per heavy atom. The third-order valence-electron chi connectivity index (χ3n) is 2.48. The molecule has 0 aliphatic carbocycles. The molecule has 0 fully saturated rings. The topological polar surface area (TPSA) is 35.5 Å². The second-order valence-electron chi connectivity index (χ2n) is 3.69. The van der Waals surface area contributed by atoms with Gasteiger partial charge in [0.1, 0.15) is 5.75 Å². The first-order valence-corrected chi connectivity index (χ1v) is 6.06. The van der Waals surface area contributed by atoms with E-state index in [9.17, 15) is 4.79 Å². The molecule has 0 spiro atoms. The third kappa shape index (κ3) is 2.74. The number of fused-ring (bicyclic) bond motifs is 1. The van der Waals surface area contributed by atoms with E-state index < -0.39 is 5.97 Å². The van der Waals surface area contributed by atoms with Gasteiger partial charge in [-0.1, -0.05) is 41.9 Å². The van der Waals surface area contributed by atoms with Crippen LogP contribution in [0.5, 0.6) is 5.75 Å². The first-order valence-electron chi connectivity index (χ1n) is 5.68. The highest BCUT2D eigenvalue weighted by Gasteiger charge is 2.08. The minimum Gasteiger partial charge on any atom is -0.480 e. The number of hydrogen-bond acceptors (Lipinski definition) is 3. The van der Waals surface area contributed by atoms with Crippen LogP contribution in [-0.2, 0) is 9.53 Å². The van der Waals surface area contributed by atoms with Gasteiger partial charge in [0.25, 0.3) is 0 Å². The predicted molar refractivity (Wildman–Crippen MR) is 71.1 cm³/mol. The van der Waals surface area contributed by atoms with E-state index in [1.165, 1.54) is 0 Å². The molecule has 0 unspecified atom stereocenters. The van der Waals surface area contributed by atoms with Gasteiger partial charge in [0.2, 0.25) is 0 Å². The van der Waals surface area contributed by atoms with Gasteiger partial charge in [0.15, 0.2) is 6.61 Å². The van der Waals surface area contributed by atoms with Crippen LogP contribution in [0.1, 0.15) is 6.92 Å². The molecule has 2 aromatic rings. The number of hydrogen-bond donors (Lipinski definition) is 0. The second-order valence-corrected chi connectivity index (χ2v) is 4.07. The summed E-state index contributed by atoms with van der Waals surface area (Å²) in [7, 11) is 0. The Bertz CT molecular complexity index is 566. The fraction of sp³-hybridized carbons (Fsp3) is 0.214. The van der Waals surface area contributed by atoms with Crippen molar-refractivity contribution in [3.63, 3.8) is 0 Å². The first-order chi connectivity index (χ1) is 8.72. The van der Waals surface area contributed by atoms with Gasteiger partial charge < -0.3 is 9.47 Å². The van der Waals surface area contributed by atoms with Gasteiger partial charge in [-0.3, -0.25) is 0 Å². The Hall–Kier alpha value is -1.74. The summed E-state index contributed by atoms with van der Waals surface area (Å²) in [6.07, 6.45) is 0. The van der Waals surface area contributed by atoms with Crippen molar-refractivity contribution in [2.24, 2.45) is 0 Å². The average Bonchev–Trinajstić information content (AvgIpc) is 2.39. The molecule has 0 N–H and O–H groups in total. The highest BCUT2D eigenvalue weighted by Crippen LogP contribution is 2.32. The Kier molecular flexibility index (Phi) is 4.05. The van der Waals surface area contributed by atoms with Gasteiger partial charge in [-0.15, -0.1) is 0 Å². The highest BCUT2D eigenvalue weighted by molar-refractivity contribution is 6.37. The molecule has 0 atom stereocenters. The fourth-order valence-electron chi connectivity index (χ4n) is 1.66. The van der Waals surface area contributed by atoms with E-state index in [0.29, 0.717) is 17.4 Å². The van der Waals surface area contributed by atoms with Crippen LogP contribution in [0.3, 0.4) is 0 Å². The SMILES string of the molecule is CCOC(=O)COc1ccc2ccccc2c1Cl. The number of esters is 1. The first kappa shape index (κ1) is 12.7. The second kappa shape index (κ2) is 5.74. The molecule has 3 nitrogen and oxygen atoms in total. The quantitative estimate of drug-likeness (QED) is 0.794. The smallest absolute Gasteiger partial charge is 0.344 e. The minimum absolute atomic E-state index is 0.133. The van der Waals surface area contributed by atoms with Crippen LogP contribution in [0.15, 0.2) is 36.4 Å². The van der Waals surface area contributed by atoms with Crippen LogP contribution in [0, 0.1) is 0 Å². The van der Waals surface area contributed by atoms with E-state index in [1.54, 1.807) is 13.0 Å². The van der Waals surface area contributed by atoms with E-state index in [1.807, 2.05) is 30.3 Å². The molecule has 0 amide bonds. The fourth-order valence-corrected chi connectivity index (χ4v) is 1.95. The molecule has 0 saturated carbocycles. The molecule has 0 radical (unpaired) electrons. The van der Waals surface area contributed by atoms with Crippen molar-refractivity contribution < 1.29 is 14.3 Å². The van der Waals surface area contributed by atoms with Gasteiger partial charge in [0, 0.05) is 5.39 Å². The van der Waals surface area contributed by atoms with E-state index in [2.05, 4.69) is 0 Å². The number of halogens is 1. The van der Waals surface area contributed by atoms with E-state index in [0.717, 1.165) is 10.8 Å². The lowest BCUT2D eigenvalue weighted by molar-refractivity contribution is -0.145. The van der Waals surface area contributed by atoms with Gasteiger partial charge in [-0.2, -0.15) is 0 Å². The van der Waals surface area contributed by atoms with Gasteiger partial charge in [-0.25, -0.2) is 4.79 Å². The van der Waals surface area contributed by atoms with Crippen molar-refractivity contribution >= 4 is 28.3 Å². The molecule has 0 aliphatic rings. The summed E-state index contributed by atoms with van der Waals surface area (Å²) in [6.45, 7) is 1.96. The Morgan fingerprint density at radius 3 is 2.78 bits per heavy atom. The van der Waals surface area contributed by atoms with E-state index in [4.69, 9.17) is 21.1 Å². The molecule has 4 heteroatoms. The van der Waals surface area contributed by atoms with Gasteiger partial charge >= 0.3 is 5.97 Å². The number of carbonyl (C=O) groups excluding carboxylic acids is 1. The molecular formula is C14H13ClO3. The Labute approximate surface area is 110 Å². The predicted octanol–water partition coefficient (Wildman–Crippen LogP) is 3.44. The zero-order valence-corrected chi connectivity index (χ0v) is 10.7. The molecule has 18 heavy (non-hydrogen) atoms. The molecule has 2 rings (SSSR count). The summed E-state index contributed by atoms with van der Waals surface area (Å²) in [6, 6.07) is 11.4. The zero-order chi connectivity index (χ0) is 13.0. The van der Waals surface area contributed by atoms with Crippen molar-refractivity contribution in [3.05, 3.63) is 41.4 Å². The van der Waals surface area contributed by atoms with Crippen LogP contribution < -0.4 is 4.74 Å². The van der Waals surface area contributed by atoms with Gasteiger partial charge in [0.05, 0.1) is 11.6 Å². The molecule has 94 valence electrons. The number of benzene rings is 2. The minimum atomic E-state index is -0.401. The molecule has 0 bridgehead atoms. The van der Waals surface area contributed by atoms with Crippen LogP contribution in [-0.4, -0.2) is 19.2 Å². The van der Waals surface area contributed by atoms with Crippen LogP contribution in [0.2, 0.25) is 5.02 Å². The molecule has 0 saturated heterocycles. The molecule has 0 aliphatic heterocycles. The lowest BCUT2D eigenvalue weighted by Crippen LogP contribution is -2.14. The lowest BCUT2D eigenvalue weighted by atomic mass is 10.1. The summed E-state index contributed by atoms with van der Waals surface area (Å²) in [4.78, 5) is 11.2. The maximum absolute atomic E-state index is 11.2. The summed E-state index contributed by atoms with van der Waals surface area (Å²) < 4.78 is 10.1. The van der Waals surface area contributed by atoms with Crippen molar-refractivity contribution in [1.82, 2.24) is 0 Å². The van der Waals surface area contributed by atoms with Crippen molar-refractivity contribution in [2.45, 2.75) is 6.92 Å². The largest absolute Gasteiger partial charge is 0.480 e. The maximum atomic E-state index is 11.2. The molecule has 0 aromatic heterocycles. The Morgan fingerprint density at radius 2 is 2.00 bits per heavy atom. The van der Waals surface area contributed by atoms with Crippen molar-refractivity contribution in [2.75, 3.05) is 13.2 Å². The number of rotatable bonds is 4. The molecular weight excluding hydrogens is 252 g/mol. The number of ether oxygens (including phenoxy) is 2. The van der Waals surface area contributed by atoms with Crippen LogP contribution >= 0.6 is 11.6 Å². The molecule has 0 heterocycles. The third-order valence-corrected chi connectivity index (χ3v) is 2.87. The van der Waals surface area contributed by atoms with Crippen molar-refractivity contribution in [1.29, 1.82) is 0 Å². The van der Waals surface area contributed by atoms with E-state index >= 15 is 0 Å². The Balaban J connectivity index is 2.19. The van der Waals surface area contributed by atoms with Crippen molar-refractivity contribution in [3.8, 4) is 5.75 Å². The normalized spacial score (nSPS) is 10.3. The highest BCUT2D eigenvalue weighted by atomic mass is 35.5. The lowest BCUT2D eigenvalue weighted by Gasteiger charge is -2.09. The molecule has 2 aromatic carbocycles. The van der Waals surface area contributed by atoms with Gasteiger partial charge in [-0.05, 0) is 18.4 Å². The summed E-state index contributed by atoms with van der Waals surface area (Å²) >= 11 is 6.22. The van der Waals surface area contributed by atoms with Crippen LogP contribution in [0.4, 0.5) is 0 Å². The van der Waals surface area contributed by atoms with E-state index in [-0.39, 0.29) is 6.61 Å². The maximum Gasteiger partial charge on any atom is 0.344 e. The monoisotopic (exact) mass is 264 g/mol. The number of carbonyl (C=O) groups is 1. The summed E-state index contributed by atoms with van der Waals surface area (Å²) in [5, 5.41) is 2.45.